The third-order valence-corrected chi connectivity index (χ3v) is 5.69. The summed E-state index contributed by atoms with van der Waals surface area (Å²) >= 11 is 0. The first kappa shape index (κ1) is 17.2. The molecule has 2 aliphatic rings. The fourth-order valence-electron chi connectivity index (χ4n) is 4.04. The van der Waals surface area contributed by atoms with Gasteiger partial charge >= 0.3 is 0 Å². The number of nitrogens with zero attached hydrogens (tertiary/aromatic N) is 1. The van der Waals surface area contributed by atoms with Crippen LogP contribution < -0.4 is 5.32 Å². The van der Waals surface area contributed by atoms with Gasteiger partial charge in [0.1, 0.15) is 0 Å². The van der Waals surface area contributed by atoms with E-state index in [0.29, 0.717) is 17.6 Å². The van der Waals surface area contributed by atoms with Crippen LogP contribution in [0.5, 0.6) is 0 Å². The SMILES string of the molecule is CCC(CC)(CNCC(C)C)CN1CCOC2CCCC21. The van der Waals surface area contributed by atoms with E-state index >= 15 is 0 Å². The van der Waals surface area contributed by atoms with E-state index in [9.17, 15) is 0 Å². The molecule has 0 bridgehead atoms. The number of fused-ring (bicyclic) bond motifs is 1. The standard InChI is InChI=1S/C18H36N2O/c1-5-18(6-2,13-19-12-15(3)4)14-20-10-11-21-17-9-7-8-16(17)20/h15-17,19H,5-14H2,1-4H3. The van der Waals surface area contributed by atoms with Crippen molar-refractivity contribution in [3.05, 3.63) is 0 Å². The predicted octanol–water partition coefficient (Wildman–Crippen LogP) is 3.29. The van der Waals surface area contributed by atoms with E-state index in [1.165, 1.54) is 38.6 Å². The summed E-state index contributed by atoms with van der Waals surface area (Å²) in [5, 5.41) is 3.72. The molecule has 3 nitrogen and oxygen atoms in total. The molecule has 0 spiro atoms. The molecular weight excluding hydrogens is 260 g/mol. The van der Waals surface area contributed by atoms with Crippen molar-refractivity contribution in [2.45, 2.75) is 71.9 Å². The summed E-state index contributed by atoms with van der Waals surface area (Å²) in [6, 6.07) is 0.696. The number of hydrogen-bond donors (Lipinski definition) is 1. The third kappa shape index (κ3) is 4.43. The zero-order valence-corrected chi connectivity index (χ0v) is 14.7. The highest BCUT2D eigenvalue weighted by molar-refractivity contribution is 4.93. The topological polar surface area (TPSA) is 24.5 Å². The van der Waals surface area contributed by atoms with Crippen LogP contribution in [0.15, 0.2) is 0 Å². The molecule has 0 aromatic heterocycles. The van der Waals surface area contributed by atoms with Crippen molar-refractivity contribution >= 4 is 0 Å². The monoisotopic (exact) mass is 296 g/mol. The van der Waals surface area contributed by atoms with Crippen molar-refractivity contribution in [3.63, 3.8) is 0 Å². The van der Waals surface area contributed by atoms with E-state index in [1.807, 2.05) is 0 Å². The van der Waals surface area contributed by atoms with Crippen LogP contribution in [0, 0.1) is 11.3 Å². The fraction of sp³-hybridized carbons (Fsp3) is 1.00. The van der Waals surface area contributed by atoms with Gasteiger partial charge in [-0.25, -0.2) is 0 Å². The Bertz CT molecular complexity index is 302. The zero-order chi connectivity index (χ0) is 15.3. The molecule has 2 fully saturated rings. The minimum atomic E-state index is 0.430. The van der Waals surface area contributed by atoms with Gasteiger partial charge in [-0.1, -0.05) is 27.7 Å². The van der Waals surface area contributed by atoms with E-state index in [0.717, 1.165) is 32.2 Å². The highest BCUT2D eigenvalue weighted by Gasteiger charge is 2.39. The van der Waals surface area contributed by atoms with Crippen LogP contribution in [-0.4, -0.2) is 49.8 Å². The number of rotatable bonds is 8. The average molecular weight is 296 g/mol. The van der Waals surface area contributed by atoms with Crippen LogP contribution in [0.2, 0.25) is 0 Å². The summed E-state index contributed by atoms with van der Waals surface area (Å²) < 4.78 is 5.97. The van der Waals surface area contributed by atoms with Crippen LogP contribution in [0.3, 0.4) is 0 Å². The first-order valence-corrected chi connectivity index (χ1v) is 9.16. The molecular formula is C18H36N2O. The maximum Gasteiger partial charge on any atom is 0.0730 e. The van der Waals surface area contributed by atoms with E-state index in [-0.39, 0.29) is 0 Å². The average Bonchev–Trinajstić information content (AvgIpc) is 2.95. The molecule has 2 rings (SSSR count). The minimum absolute atomic E-state index is 0.430. The van der Waals surface area contributed by atoms with Crippen LogP contribution in [0.4, 0.5) is 0 Å². The van der Waals surface area contributed by atoms with Gasteiger partial charge in [-0.2, -0.15) is 0 Å². The second-order valence-electron chi connectivity index (χ2n) is 7.61. The van der Waals surface area contributed by atoms with Gasteiger partial charge in [0.25, 0.3) is 0 Å². The smallest absolute Gasteiger partial charge is 0.0730 e. The molecule has 21 heavy (non-hydrogen) atoms. The van der Waals surface area contributed by atoms with Gasteiger partial charge < -0.3 is 10.1 Å². The van der Waals surface area contributed by atoms with Crippen molar-refractivity contribution in [1.29, 1.82) is 0 Å². The normalized spacial score (nSPS) is 27.3. The molecule has 2 atom stereocenters. The van der Waals surface area contributed by atoms with E-state index < -0.39 is 0 Å². The lowest BCUT2D eigenvalue weighted by Crippen LogP contribution is -2.54. The minimum Gasteiger partial charge on any atom is -0.375 e. The fourth-order valence-corrected chi connectivity index (χ4v) is 4.04. The molecule has 2 unspecified atom stereocenters. The third-order valence-electron chi connectivity index (χ3n) is 5.69. The lowest BCUT2D eigenvalue weighted by atomic mass is 9.81. The Kier molecular flexibility index (Phi) is 6.51. The van der Waals surface area contributed by atoms with Gasteiger partial charge in [0.15, 0.2) is 0 Å². The summed E-state index contributed by atoms with van der Waals surface area (Å²) in [5.74, 6) is 0.735. The molecule has 1 aliphatic heterocycles. The number of hydrogen-bond acceptors (Lipinski definition) is 3. The molecule has 1 heterocycles. The Hall–Kier alpha value is -0.120. The molecule has 0 aromatic rings. The summed E-state index contributed by atoms with van der Waals surface area (Å²) in [6.45, 7) is 14.9. The lowest BCUT2D eigenvalue weighted by Gasteiger charge is -2.44. The van der Waals surface area contributed by atoms with Crippen LogP contribution >= 0.6 is 0 Å². The maximum atomic E-state index is 5.97. The van der Waals surface area contributed by atoms with Gasteiger partial charge in [-0.05, 0) is 50.0 Å². The quantitative estimate of drug-likeness (QED) is 0.744. The predicted molar refractivity (Wildman–Crippen MR) is 89.7 cm³/mol. The largest absolute Gasteiger partial charge is 0.375 e. The summed E-state index contributed by atoms with van der Waals surface area (Å²) in [5.41, 5.74) is 0.430. The van der Waals surface area contributed by atoms with Gasteiger partial charge in [0.2, 0.25) is 0 Å². The van der Waals surface area contributed by atoms with Gasteiger partial charge in [0, 0.05) is 25.7 Å². The Balaban J connectivity index is 1.94. The van der Waals surface area contributed by atoms with Crippen LogP contribution in [-0.2, 0) is 4.74 Å². The second-order valence-corrected chi connectivity index (χ2v) is 7.61. The van der Waals surface area contributed by atoms with E-state index in [4.69, 9.17) is 4.74 Å². The first-order chi connectivity index (χ1) is 10.1. The molecule has 124 valence electrons. The van der Waals surface area contributed by atoms with Crippen LogP contribution in [0.1, 0.15) is 59.8 Å². The molecule has 1 saturated carbocycles. The van der Waals surface area contributed by atoms with Gasteiger partial charge in [0.05, 0.1) is 12.7 Å². The maximum absolute atomic E-state index is 5.97. The highest BCUT2D eigenvalue weighted by atomic mass is 16.5. The number of nitrogens with one attached hydrogen (secondary N) is 1. The molecule has 1 N–H and O–H groups in total. The molecule has 0 aromatic carbocycles. The number of ether oxygens (including phenoxy) is 1. The van der Waals surface area contributed by atoms with Gasteiger partial charge in [-0.3, -0.25) is 4.90 Å². The first-order valence-electron chi connectivity index (χ1n) is 9.16. The lowest BCUT2D eigenvalue weighted by molar-refractivity contribution is -0.0696. The number of morpholine rings is 1. The van der Waals surface area contributed by atoms with Crippen molar-refractivity contribution in [2.75, 3.05) is 32.8 Å². The highest BCUT2D eigenvalue weighted by Crippen LogP contribution is 2.34. The second kappa shape index (κ2) is 7.94. The Morgan fingerprint density at radius 3 is 2.67 bits per heavy atom. The van der Waals surface area contributed by atoms with Crippen molar-refractivity contribution < 1.29 is 4.74 Å². The van der Waals surface area contributed by atoms with Crippen molar-refractivity contribution in [1.82, 2.24) is 10.2 Å². The molecule has 1 saturated heterocycles. The Morgan fingerprint density at radius 1 is 1.24 bits per heavy atom. The van der Waals surface area contributed by atoms with Crippen molar-refractivity contribution in [3.8, 4) is 0 Å². The summed E-state index contributed by atoms with van der Waals surface area (Å²) in [4.78, 5) is 2.76. The summed E-state index contributed by atoms with van der Waals surface area (Å²) in [6.07, 6.45) is 7.02. The Labute approximate surface area is 131 Å². The summed E-state index contributed by atoms with van der Waals surface area (Å²) in [7, 11) is 0. The van der Waals surface area contributed by atoms with E-state index in [2.05, 4.69) is 37.9 Å². The molecule has 0 radical (unpaired) electrons. The Morgan fingerprint density at radius 2 is 2.00 bits per heavy atom. The molecule has 0 amide bonds. The molecule has 1 aliphatic carbocycles. The van der Waals surface area contributed by atoms with Crippen LogP contribution in [0.25, 0.3) is 0 Å². The van der Waals surface area contributed by atoms with E-state index in [1.54, 1.807) is 0 Å². The zero-order valence-electron chi connectivity index (χ0n) is 14.7. The molecule has 3 heteroatoms. The van der Waals surface area contributed by atoms with Gasteiger partial charge in [-0.15, -0.1) is 0 Å². The van der Waals surface area contributed by atoms with Crippen molar-refractivity contribution in [2.24, 2.45) is 11.3 Å².